The van der Waals surface area contributed by atoms with E-state index in [2.05, 4.69) is 20.7 Å². The molecule has 0 aliphatic heterocycles. The number of anilines is 2. The molecule has 1 saturated carbocycles. The van der Waals surface area contributed by atoms with Gasteiger partial charge in [-0.25, -0.2) is 15.8 Å². The number of hydrogen-bond donors (Lipinski definition) is 3. The third-order valence-electron chi connectivity index (χ3n) is 3.81. The van der Waals surface area contributed by atoms with Crippen molar-refractivity contribution in [2.45, 2.75) is 51.9 Å². The van der Waals surface area contributed by atoms with E-state index >= 15 is 0 Å². The summed E-state index contributed by atoms with van der Waals surface area (Å²) in [6, 6.07) is 1.86. The minimum absolute atomic E-state index is 0.671. The van der Waals surface area contributed by atoms with Crippen molar-refractivity contribution in [2.24, 2.45) is 11.8 Å². The third kappa shape index (κ3) is 4.35. The predicted molar refractivity (Wildman–Crippen MR) is 78.9 cm³/mol. The first-order valence-electron chi connectivity index (χ1n) is 7.40. The highest BCUT2D eigenvalue weighted by Crippen LogP contribution is 2.28. The van der Waals surface area contributed by atoms with E-state index in [1.807, 2.05) is 13.0 Å². The molecule has 1 aliphatic rings. The fourth-order valence-electron chi connectivity index (χ4n) is 2.73. The van der Waals surface area contributed by atoms with Crippen LogP contribution in [0, 0.1) is 5.92 Å². The molecule has 1 aromatic rings. The van der Waals surface area contributed by atoms with Gasteiger partial charge in [-0.15, -0.1) is 0 Å². The van der Waals surface area contributed by atoms with E-state index in [9.17, 15) is 0 Å². The minimum atomic E-state index is 0.671. The molecule has 5 nitrogen and oxygen atoms in total. The van der Waals surface area contributed by atoms with Crippen LogP contribution in [0.3, 0.4) is 0 Å². The lowest BCUT2D eigenvalue weighted by Crippen LogP contribution is -2.12. The molecule has 1 aliphatic carbocycles. The lowest BCUT2D eigenvalue weighted by Gasteiger charge is -2.11. The Hall–Kier alpha value is -1.36. The monoisotopic (exact) mass is 263 g/mol. The predicted octanol–water partition coefficient (Wildman–Crippen LogP) is 2.71. The molecule has 5 heteroatoms. The summed E-state index contributed by atoms with van der Waals surface area (Å²) in [7, 11) is 0. The van der Waals surface area contributed by atoms with Crippen molar-refractivity contribution in [3.8, 4) is 0 Å². The Kier molecular flexibility index (Phi) is 5.39. The zero-order chi connectivity index (χ0) is 13.5. The van der Waals surface area contributed by atoms with E-state index in [4.69, 9.17) is 5.84 Å². The second-order valence-corrected chi connectivity index (χ2v) is 5.27. The number of aryl methyl sites for hydroxylation is 1. The number of hydrogen-bond acceptors (Lipinski definition) is 5. The van der Waals surface area contributed by atoms with Crippen molar-refractivity contribution < 1.29 is 0 Å². The molecule has 0 atom stereocenters. The first-order chi connectivity index (χ1) is 9.31. The molecule has 19 heavy (non-hydrogen) atoms. The Balaban J connectivity index is 1.77. The van der Waals surface area contributed by atoms with Gasteiger partial charge in [0, 0.05) is 19.0 Å². The topological polar surface area (TPSA) is 75.9 Å². The summed E-state index contributed by atoms with van der Waals surface area (Å²) in [6.07, 6.45) is 9.06. The van der Waals surface area contributed by atoms with Gasteiger partial charge in [0.05, 0.1) is 0 Å². The molecule has 0 bridgehead atoms. The van der Waals surface area contributed by atoms with Crippen molar-refractivity contribution in [3.05, 3.63) is 11.9 Å². The Morgan fingerprint density at radius 1 is 1.26 bits per heavy atom. The van der Waals surface area contributed by atoms with Gasteiger partial charge in [-0.1, -0.05) is 32.6 Å². The van der Waals surface area contributed by atoms with Gasteiger partial charge in [-0.2, -0.15) is 0 Å². The summed E-state index contributed by atoms with van der Waals surface area (Å²) < 4.78 is 0. The van der Waals surface area contributed by atoms with Gasteiger partial charge in [-0.3, -0.25) is 0 Å². The average Bonchev–Trinajstić information content (AvgIpc) is 2.96. The molecule has 0 aromatic carbocycles. The van der Waals surface area contributed by atoms with E-state index in [1.54, 1.807) is 0 Å². The van der Waals surface area contributed by atoms with E-state index in [0.717, 1.165) is 30.5 Å². The zero-order valence-electron chi connectivity index (χ0n) is 11.8. The molecule has 0 unspecified atom stereocenters. The Morgan fingerprint density at radius 2 is 2.00 bits per heavy atom. The molecule has 0 amide bonds. The van der Waals surface area contributed by atoms with Crippen LogP contribution in [-0.2, 0) is 6.42 Å². The van der Waals surface area contributed by atoms with Crippen LogP contribution >= 0.6 is 0 Å². The van der Waals surface area contributed by atoms with Crippen molar-refractivity contribution in [1.82, 2.24) is 9.97 Å². The first-order valence-corrected chi connectivity index (χ1v) is 7.40. The summed E-state index contributed by atoms with van der Waals surface area (Å²) in [5, 5.41) is 3.37. The highest BCUT2D eigenvalue weighted by atomic mass is 15.3. The van der Waals surface area contributed by atoms with Crippen molar-refractivity contribution in [1.29, 1.82) is 0 Å². The molecule has 4 N–H and O–H groups in total. The maximum absolute atomic E-state index is 5.41. The Bertz CT molecular complexity index is 365. The lowest BCUT2D eigenvalue weighted by atomic mass is 10.0. The number of nitrogens with two attached hydrogens (primary N) is 1. The highest BCUT2D eigenvalue weighted by molar-refractivity contribution is 5.46. The molecular formula is C14H25N5. The standard InChI is InChI=1S/C14H25N5/c1-2-12-17-13(10-14(18-12)19-15)16-9-5-8-11-6-3-4-7-11/h10-11H,2-9,15H2,1H3,(H2,16,17,18,19). The van der Waals surface area contributed by atoms with E-state index in [0.29, 0.717) is 5.82 Å². The smallest absolute Gasteiger partial charge is 0.145 e. The van der Waals surface area contributed by atoms with Gasteiger partial charge < -0.3 is 10.7 Å². The second-order valence-electron chi connectivity index (χ2n) is 5.27. The van der Waals surface area contributed by atoms with E-state index < -0.39 is 0 Å². The summed E-state index contributed by atoms with van der Waals surface area (Å²) in [4.78, 5) is 8.73. The summed E-state index contributed by atoms with van der Waals surface area (Å²) in [5.41, 5.74) is 2.59. The second kappa shape index (κ2) is 7.28. The van der Waals surface area contributed by atoms with Gasteiger partial charge in [0.1, 0.15) is 17.5 Å². The van der Waals surface area contributed by atoms with Gasteiger partial charge in [0.15, 0.2) is 0 Å². The van der Waals surface area contributed by atoms with Crippen molar-refractivity contribution in [2.75, 3.05) is 17.3 Å². The quantitative estimate of drug-likeness (QED) is 0.400. The number of rotatable bonds is 7. The van der Waals surface area contributed by atoms with Crippen LogP contribution in [-0.4, -0.2) is 16.5 Å². The fourth-order valence-corrected chi connectivity index (χ4v) is 2.73. The molecule has 1 fully saturated rings. The lowest BCUT2D eigenvalue weighted by molar-refractivity contribution is 0.491. The first kappa shape index (κ1) is 14.1. The van der Waals surface area contributed by atoms with Crippen LogP contribution in [0.5, 0.6) is 0 Å². The normalized spacial score (nSPS) is 15.7. The summed E-state index contributed by atoms with van der Waals surface area (Å²) in [6.45, 7) is 3.01. The number of nitrogens with zero attached hydrogens (tertiary/aromatic N) is 2. The molecule has 106 valence electrons. The summed E-state index contributed by atoms with van der Waals surface area (Å²) in [5.74, 6) is 8.72. The van der Waals surface area contributed by atoms with Gasteiger partial charge in [0.25, 0.3) is 0 Å². The minimum Gasteiger partial charge on any atom is -0.370 e. The SMILES string of the molecule is CCc1nc(NN)cc(NCCCC2CCCC2)n1. The molecule has 1 aromatic heterocycles. The van der Waals surface area contributed by atoms with Crippen LogP contribution in [0.1, 0.15) is 51.3 Å². The van der Waals surface area contributed by atoms with Gasteiger partial charge in [0.2, 0.25) is 0 Å². The number of nitrogen functional groups attached to an aromatic ring is 1. The van der Waals surface area contributed by atoms with Crippen LogP contribution in [0.15, 0.2) is 6.07 Å². The molecule has 0 spiro atoms. The fraction of sp³-hybridized carbons (Fsp3) is 0.714. The van der Waals surface area contributed by atoms with E-state index in [-0.39, 0.29) is 0 Å². The molecule has 2 rings (SSSR count). The molecule has 0 radical (unpaired) electrons. The van der Waals surface area contributed by atoms with E-state index in [1.165, 1.54) is 38.5 Å². The van der Waals surface area contributed by atoms with Crippen molar-refractivity contribution in [3.63, 3.8) is 0 Å². The van der Waals surface area contributed by atoms with Crippen LogP contribution < -0.4 is 16.6 Å². The summed E-state index contributed by atoms with van der Waals surface area (Å²) >= 11 is 0. The molecule has 0 saturated heterocycles. The number of hydrazine groups is 1. The average molecular weight is 263 g/mol. The Morgan fingerprint density at radius 3 is 2.68 bits per heavy atom. The van der Waals surface area contributed by atoms with Gasteiger partial charge >= 0.3 is 0 Å². The zero-order valence-corrected chi connectivity index (χ0v) is 11.8. The maximum atomic E-state index is 5.41. The van der Waals surface area contributed by atoms with Gasteiger partial charge in [-0.05, 0) is 18.8 Å². The van der Waals surface area contributed by atoms with Crippen LogP contribution in [0.4, 0.5) is 11.6 Å². The highest BCUT2D eigenvalue weighted by Gasteiger charge is 2.13. The maximum Gasteiger partial charge on any atom is 0.145 e. The van der Waals surface area contributed by atoms with Crippen molar-refractivity contribution >= 4 is 11.6 Å². The van der Waals surface area contributed by atoms with Crippen LogP contribution in [0.25, 0.3) is 0 Å². The van der Waals surface area contributed by atoms with Crippen LogP contribution in [0.2, 0.25) is 0 Å². The largest absolute Gasteiger partial charge is 0.370 e. The molecule has 1 heterocycles. The number of nitrogens with one attached hydrogen (secondary N) is 2. The Labute approximate surface area is 115 Å². The number of aromatic nitrogens is 2. The third-order valence-corrected chi connectivity index (χ3v) is 3.81. The molecular weight excluding hydrogens is 238 g/mol.